The van der Waals surface area contributed by atoms with Crippen LogP contribution in [0.2, 0.25) is 5.02 Å². The van der Waals surface area contributed by atoms with Crippen molar-refractivity contribution in [1.82, 2.24) is 20.9 Å². The first kappa shape index (κ1) is 37.8. The molecule has 0 bridgehead atoms. The maximum Gasteiger partial charge on any atom is 0.289 e. The first-order valence-electron chi connectivity index (χ1n) is 18.5. The SMILES string of the molecule is CCC[C@H](NC(=O)[C@@H]1C[C@]2(CC(c3cccc(Cl)c3)=NO2)CN1C(=O)[C@@H](NC(=O)CC1CCCCC1)C(C)(C)C)C(=O)C(=O)NC1CCCC1. The molecule has 3 N–H and O–H groups in total. The molecule has 2 aliphatic heterocycles. The number of amides is 4. The lowest BCUT2D eigenvalue weighted by molar-refractivity contribution is -0.145. The minimum absolute atomic E-state index is 0.0388. The van der Waals surface area contributed by atoms with E-state index in [0.717, 1.165) is 56.9 Å². The maximum atomic E-state index is 14.6. The molecule has 50 heavy (non-hydrogen) atoms. The number of nitrogens with zero attached hydrogens (tertiary/aromatic N) is 2. The predicted molar refractivity (Wildman–Crippen MR) is 191 cm³/mol. The standard InChI is InChI=1S/C38H54ClN5O6/c1-5-12-28(32(46)35(48)40-27-17-9-10-18-27)41-34(47)30-22-38(21-29(43-50-38)25-15-11-16-26(39)20-25)23-44(30)36(49)33(37(2,3)4)42-31(45)19-24-13-7-6-8-14-24/h11,15-16,20,24,27-28,30,33H,5-10,12-14,17-19,21-23H2,1-4H3,(H,40,48)(H,41,47)(H,42,45)/t28-,30-,33+,38+/m0/s1. The van der Waals surface area contributed by atoms with Gasteiger partial charge in [-0.1, -0.05) is 95.1 Å². The van der Waals surface area contributed by atoms with Gasteiger partial charge in [0.1, 0.15) is 12.1 Å². The fourth-order valence-corrected chi connectivity index (χ4v) is 8.14. The van der Waals surface area contributed by atoms with Crippen LogP contribution in [-0.4, -0.2) is 76.3 Å². The summed E-state index contributed by atoms with van der Waals surface area (Å²) in [5, 5.41) is 13.6. The zero-order valence-corrected chi connectivity index (χ0v) is 30.8. The Balaban J connectivity index is 1.37. The number of benzene rings is 1. The number of oxime groups is 1. The first-order valence-corrected chi connectivity index (χ1v) is 18.9. The Labute approximate surface area is 301 Å². The first-order chi connectivity index (χ1) is 23.8. The monoisotopic (exact) mass is 711 g/mol. The zero-order valence-electron chi connectivity index (χ0n) is 30.0. The summed E-state index contributed by atoms with van der Waals surface area (Å²) in [5.41, 5.74) is -0.247. The fourth-order valence-electron chi connectivity index (χ4n) is 7.95. The van der Waals surface area contributed by atoms with E-state index in [1.54, 1.807) is 12.1 Å². The molecule has 2 saturated carbocycles. The van der Waals surface area contributed by atoms with Gasteiger partial charge in [0, 0.05) is 35.9 Å². The molecule has 11 nitrogen and oxygen atoms in total. The van der Waals surface area contributed by atoms with Crippen LogP contribution in [0.5, 0.6) is 0 Å². The molecule has 0 aromatic heterocycles. The van der Waals surface area contributed by atoms with Gasteiger partial charge in [-0.25, -0.2) is 0 Å². The summed E-state index contributed by atoms with van der Waals surface area (Å²) in [6.07, 6.45) is 10.7. The smallest absolute Gasteiger partial charge is 0.289 e. The van der Waals surface area contributed by atoms with E-state index in [1.807, 2.05) is 39.8 Å². The van der Waals surface area contributed by atoms with Crippen molar-refractivity contribution in [2.75, 3.05) is 6.54 Å². The summed E-state index contributed by atoms with van der Waals surface area (Å²) in [4.78, 5) is 76.1. The van der Waals surface area contributed by atoms with Crippen molar-refractivity contribution in [2.45, 2.75) is 147 Å². The molecule has 3 fully saturated rings. The van der Waals surface area contributed by atoms with Gasteiger partial charge in [-0.2, -0.15) is 0 Å². The van der Waals surface area contributed by atoms with Gasteiger partial charge in [-0.05, 0) is 55.6 Å². The van der Waals surface area contributed by atoms with Crippen LogP contribution >= 0.6 is 11.6 Å². The third kappa shape index (κ3) is 9.25. The Morgan fingerprint density at radius 3 is 2.38 bits per heavy atom. The number of likely N-dealkylation sites (tertiary alicyclic amines) is 1. The van der Waals surface area contributed by atoms with Crippen molar-refractivity contribution in [1.29, 1.82) is 0 Å². The molecule has 0 radical (unpaired) electrons. The number of hydrogen-bond donors (Lipinski definition) is 3. The van der Waals surface area contributed by atoms with Crippen LogP contribution < -0.4 is 16.0 Å². The van der Waals surface area contributed by atoms with Gasteiger partial charge in [-0.3, -0.25) is 24.0 Å². The number of nitrogens with one attached hydrogen (secondary N) is 3. The van der Waals surface area contributed by atoms with Gasteiger partial charge in [0.2, 0.25) is 23.5 Å². The molecular formula is C38H54ClN5O6. The highest BCUT2D eigenvalue weighted by Crippen LogP contribution is 2.40. The van der Waals surface area contributed by atoms with Crippen molar-refractivity contribution >= 4 is 46.7 Å². The van der Waals surface area contributed by atoms with E-state index < -0.39 is 52.6 Å². The van der Waals surface area contributed by atoms with Crippen LogP contribution in [0, 0.1) is 11.3 Å². The van der Waals surface area contributed by atoms with Crippen LogP contribution in [0.1, 0.15) is 123 Å². The molecule has 0 unspecified atom stereocenters. The lowest BCUT2D eigenvalue weighted by Crippen LogP contribution is -2.59. The maximum absolute atomic E-state index is 14.6. The van der Waals surface area contributed by atoms with E-state index in [-0.39, 0.29) is 31.3 Å². The normalized spacial score (nSPS) is 24.0. The quantitative estimate of drug-likeness (QED) is 0.254. The Bertz CT molecular complexity index is 1460. The second kappa shape index (κ2) is 16.3. The summed E-state index contributed by atoms with van der Waals surface area (Å²) in [6, 6.07) is 4.24. The van der Waals surface area contributed by atoms with Crippen LogP contribution in [0.15, 0.2) is 29.4 Å². The Kier molecular flexibility index (Phi) is 12.3. The van der Waals surface area contributed by atoms with Crippen LogP contribution in [-0.2, 0) is 28.8 Å². The summed E-state index contributed by atoms with van der Waals surface area (Å²) >= 11 is 6.26. The van der Waals surface area contributed by atoms with Crippen LogP contribution in [0.4, 0.5) is 0 Å². The van der Waals surface area contributed by atoms with Crippen LogP contribution in [0.3, 0.4) is 0 Å². The summed E-state index contributed by atoms with van der Waals surface area (Å²) in [6.45, 7) is 7.61. The molecule has 4 aliphatic rings. The van der Waals surface area contributed by atoms with Gasteiger partial charge in [0.05, 0.1) is 18.3 Å². The van der Waals surface area contributed by atoms with Gasteiger partial charge in [0.15, 0.2) is 5.60 Å². The summed E-state index contributed by atoms with van der Waals surface area (Å²) < 4.78 is 0. The average Bonchev–Trinajstić information content (AvgIpc) is 3.83. The van der Waals surface area contributed by atoms with E-state index in [9.17, 15) is 24.0 Å². The Hall–Kier alpha value is -3.47. The number of carbonyl (C=O) groups is 5. The third-order valence-electron chi connectivity index (χ3n) is 10.7. The number of Topliss-reactive ketones (excluding diaryl/α,β-unsaturated/α-hetero) is 1. The molecule has 4 atom stereocenters. The molecule has 1 aromatic rings. The Morgan fingerprint density at radius 2 is 1.72 bits per heavy atom. The number of hydrogen-bond acceptors (Lipinski definition) is 7. The van der Waals surface area contributed by atoms with E-state index in [4.69, 9.17) is 16.4 Å². The topological polar surface area (TPSA) is 146 Å². The average molecular weight is 712 g/mol. The van der Waals surface area contributed by atoms with Gasteiger partial charge < -0.3 is 25.7 Å². The van der Waals surface area contributed by atoms with E-state index in [1.165, 1.54) is 11.3 Å². The summed E-state index contributed by atoms with van der Waals surface area (Å²) in [7, 11) is 0. The summed E-state index contributed by atoms with van der Waals surface area (Å²) in [5.74, 6) is -2.21. The number of halogens is 1. The fraction of sp³-hybridized carbons (Fsp3) is 0.684. The molecule has 274 valence electrons. The number of ketones is 1. The number of carbonyl (C=O) groups excluding carboxylic acids is 5. The Morgan fingerprint density at radius 1 is 1.02 bits per heavy atom. The molecular weight excluding hydrogens is 658 g/mol. The molecule has 1 aromatic carbocycles. The van der Waals surface area contributed by atoms with E-state index in [0.29, 0.717) is 35.9 Å². The zero-order chi connectivity index (χ0) is 36.1. The third-order valence-corrected chi connectivity index (χ3v) is 11.0. The molecule has 2 aliphatic carbocycles. The lowest BCUT2D eigenvalue weighted by Gasteiger charge is -2.36. The second-order valence-electron chi connectivity index (χ2n) is 15.9. The van der Waals surface area contributed by atoms with Crippen molar-refractivity contribution in [3.63, 3.8) is 0 Å². The highest BCUT2D eigenvalue weighted by Gasteiger charge is 2.55. The molecule has 1 saturated heterocycles. The van der Waals surface area contributed by atoms with Crippen molar-refractivity contribution in [3.8, 4) is 0 Å². The van der Waals surface area contributed by atoms with Crippen molar-refractivity contribution < 1.29 is 28.8 Å². The minimum Gasteiger partial charge on any atom is -0.387 e. The minimum atomic E-state index is -1.04. The van der Waals surface area contributed by atoms with E-state index in [2.05, 4.69) is 21.1 Å². The van der Waals surface area contributed by atoms with E-state index >= 15 is 0 Å². The second-order valence-corrected chi connectivity index (χ2v) is 16.4. The molecule has 5 rings (SSSR count). The highest BCUT2D eigenvalue weighted by atomic mass is 35.5. The van der Waals surface area contributed by atoms with Gasteiger partial charge >= 0.3 is 0 Å². The lowest BCUT2D eigenvalue weighted by atomic mass is 9.84. The van der Waals surface area contributed by atoms with Crippen LogP contribution in [0.25, 0.3) is 0 Å². The number of rotatable bonds is 12. The molecule has 1 spiro atoms. The van der Waals surface area contributed by atoms with Gasteiger partial charge in [-0.15, -0.1) is 0 Å². The van der Waals surface area contributed by atoms with Crippen molar-refractivity contribution in [2.24, 2.45) is 16.5 Å². The largest absolute Gasteiger partial charge is 0.387 e. The highest BCUT2D eigenvalue weighted by molar-refractivity contribution is 6.38. The molecule has 2 heterocycles. The van der Waals surface area contributed by atoms with Gasteiger partial charge in [0.25, 0.3) is 5.91 Å². The molecule has 4 amide bonds. The predicted octanol–water partition coefficient (Wildman–Crippen LogP) is 5.22. The molecule has 12 heteroatoms. The van der Waals surface area contributed by atoms with Crippen molar-refractivity contribution in [3.05, 3.63) is 34.9 Å².